The SMILES string of the molecule is COc1ncccc1-c1cccnc1Oc1ccc(CCO)cc1. The summed E-state index contributed by atoms with van der Waals surface area (Å²) in [6.45, 7) is 0.130. The van der Waals surface area contributed by atoms with Crippen molar-refractivity contribution in [1.29, 1.82) is 0 Å². The van der Waals surface area contributed by atoms with Gasteiger partial charge in [0.05, 0.1) is 7.11 Å². The lowest BCUT2D eigenvalue weighted by Crippen LogP contribution is -1.95. The largest absolute Gasteiger partial charge is 0.481 e. The van der Waals surface area contributed by atoms with Crippen molar-refractivity contribution in [2.24, 2.45) is 0 Å². The summed E-state index contributed by atoms with van der Waals surface area (Å²) in [5, 5.41) is 8.98. The van der Waals surface area contributed by atoms with E-state index in [-0.39, 0.29) is 6.61 Å². The van der Waals surface area contributed by atoms with Crippen LogP contribution in [0.2, 0.25) is 0 Å². The van der Waals surface area contributed by atoms with Gasteiger partial charge in [0.15, 0.2) is 0 Å². The van der Waals surface area contributed by atoms with Gasteiger partial charge in [-0.2, -0.15) is 0 Å². The summed E-state index contributed by atoms with van der Waals surface area (Å²) in [5.74, 6) is 1.69. The van der Waals surface area contributed by atoms with Crippen LogP contribution >= 0.6 is 0 Å². The summed E-state index contributed by atoms with van der Waals surface area (Å²) in [6, 6.07) is 15.1. The molecular weight excluding hydrogens is 304 g/mol. The number of aliphatic hydroxyl groups excluding tert-OH is 1. The van der Waals surface area contributed by atoms with E-state index in [0.717, 1.165) is 16.7 Å². The molecule has 0 bridgehead atoms. The maximum absolute atomic E-state index is 8.98. The number of ether oxygens (including phenoxy) is 2. The molecule has 3 rings (SSSR count). The lowest BCUT2D eigenvalue weighted by molar-refractivity contribution is 0.299. The Morgan fingerprint density at radius 2 is 1.50 bits per heavy atom. The standard InChI is InChI=1S/C19H18N2O3/c1-23-18-16(4-2-11-20-18)17-5-3-12-21-19(17)24-15-8-6-14(7-9-15)10-13-22/h2-9,11-12,22H,10,13H2,1H3. The van der Waals surface area contributed by atoms with E-state index >= 15 is 0 Å². The van der Waals surface area contributed by atoms with Crippen molar-refractivity contribution in [3.05, 3.63) is 66.5 Å². The number of hydrogen-bond donors (Lipinski definition) is 1. The highest BCUT2D eigenvalue weighted by atomic mass is 16.5. The molecule has 0 aliphatic carbocycles. The highest BCUT2D eigenvalue weighted by Crippen LogP contribution is 2.35. The second-order valence-corrected chi connectivity index (χ2v) is 5.14. The maximum atomic E-state index is 8.98. The van der Waals surface area contributed by atoms with Crippen molar-refractivity contribution in [2.75, 3.05) is 13.7 Å². The number of pyridine rings is 2. The van der Waals surface area contributed by atoms with Gasteiger partial charge in [-0.15, -0.1) is 0 Å². The van der Waals surface area contributed by atoms with E-state index in [2.05, 4.69) is 9.97 Å². The highest BCUT2D eigenvalue weighted by Gasteiger charge is 2.13. The number of nitrogens with zero attached hydrogens (tertiary/aromatic N) is 2. The molecule has 0 amide bonds. The van der Waals surface area contributed by atoms with Crippen molar-refractivity contribution >= 4 is 0 Å². The van der Waals surface area contributed by atoms with Crippen molar-refractivity contribution in [3.8, 4) is 28.6 Å². The number of aromatic nitrogens is 2. The Hall–Kier alpha value is -2.92. The average molecular weight is 322 g/mol. The summed E-state index contributed by atoms with van der Waals surface area (Å²) >= 11 is 0. The van der Waals surface area contributed by atoms with E-state index in [1.807, 2.05) is 48.5 Å². The summed E-state index contributed by atoms with van der Waals surface area (Å²) in [7, 11) is 1.59. The van der Waals surface area contributed by atoms with Gasteiger partial charge in [-0.05, 0) is 48.4 Å². The monoisotopic (exact) mass is 322 g/mol. The van der Waals surface area contributed by atoms with Crippen LogP contribution in [0.15, 0.2) is 60.9 Å². The number of methoxy groups -OCH3 is 1. The molecule has 3 aromatic rings. The van der Waals surface area contributed by atoms with Gasteiger partial charge in [-0.3, -0.25) is 0 Å². The average Bonchev–Trinajstić information content (AvgIpc) is 2.64. The fraction of sp³-hybridized carbons (Fsp3) is 0.158. The first-order valence-electron chi connectivity index (χ1n) is 7.64. The Morgan fingerprint density at radius 1 is 0.875 bits per heavy atom. The molecule has 1 N–H and O–H groups in total. The van der Waals surface area contributed by atoms with Crippen molar-refractivity contribution < 1.29 is 14.6 Å². The molecule has 2 heterocycles. The van der Waals surface area contributed by atoms with Gasteiger partial charge < -0.3 is 14.6 Å². The van der Waals surface area contributed by atoms with Crippen LogP contribution in [0.3, 0.4) is 0 Å². The molecule has 0 spiro atoms. The van der Waals surface area contributed by atoms with Gasteiger partial charge in [0, 0.05) is 30.1 Å². The predicted octanol–water partition coefficient (Wildman–Crippen LogP) is 3.48. The van der Waals surface area contributed by atoms with Gasteiger partial charge in [0.25, 0.3) is 0 Å². The van der Waals surface area contributed by atoms with Crippen molar-refractivity contribution in [3.63, 3.8) is 0 Å². The molecule has 0 saturated carbocycles. The quantitative estimate of drug-likeness (QED) is 0.753. The molecule has 2 aromatic heterocycles. The van der Waals surface area contributed by atoms with Gasteiger partial charge in [-0.25, -0.2) is 9.97 Å². The third-order valence-electron chi connectivity index (χ3n) is 3.56. The third-order valence-corrected chi connectivity index (χ3v) is 3.56. The van der Waals surface area contributed by atoms with E-state index in [4.69, 9.17) is 14.6 Å². The zero-order chi connectivity index (χ0) is 16.8. The van der Waals surface area contributed by atoms with Crippen LogP contribution < -0.4 is 9.47 Å². The lowest BCUT2D eigenvalue weighted by Gasteiger charge is -2.12. The van der Waals surface area contributed by atoms with Crippen LogP contribution in [0.25, 0.3) is 11.1 Å². The summed E-state index contributed by atoms with van der Waals surface area (Å²) < 4.78 is 11.3. The highest BCUT2D eigenvalue weighted by molar-refractivity contribution is 5.73. The maximum Gasteiger partial charge on any atom is 0.227 e. The van der Waals surface area contributed by atoms with Crippen molar-refractivity contribution in [1.82, 2.24) is 9.97 Å². The molecule has 5 heteroatoms. The number of rotatable bonds is 6. The lowest BCUT2D eigenvalue weighted by atomic mass is 10.1. The van der Waals surface area contributed by atoms with Gasteiger partial charge in [0.2, 0.25) is 11.8 Å². The van der Waals surface area contributed by atoms with E-state index in [1.165, 1.54) is 0 Å². The molecule has 0 fully saturated rings. The zero-order valence-electron chi connectivity index (χ0n) is 13.3. The van der Waals surface area contributed by atoms with Crippen LogP contribution in [0, 0.1) is 0 Å². The van der Waals surface area contributed by atoms with Gasteiger partial charge >= 0.3 is 0 Å². The Bertz CT molecular complexity index is 804. The summed E-state index contributed by atoms with van der Waals surface area (Å²) in [5.41, 5.74) is 2.68. The van der Waals surface area contributed by atoms with Crippen LogP contribution in [0.5, 0.6) is 17.5 Å². The molecular formula is C19H18N2O3. The molecule has 24 heavy (non-hydrogen) atoms. The van der Waals surface area contributed by atoms with E-state index in [9.17, 15) is 0 Å². The molecule has 0 aliphatic rings. The molecule has 0 radical (unpaired) electrons. The molecule has 122 valence electrons. The van der Waals surface area contributed by atoms with Crippen LogP contribution in [-0.2, 0) is 6.42 Å². The Kier molecular flexibility index (Phi) is 5.03. The fourth-order valence-electron chi connectivity index (χ4n) is 2.40. The molecule has 0 aliphatic heterocycles. The Morgan fingerprint density at radius 3 is 2.12 bits per heavy atom. The topological polar surface area (TPSA) is 64.5 Å². The second kappa shape index (κ2) is 7.57. The first-order valence-corrected chi connectivity index (χ1v) is 7.64. The van der Waals surface area contributed by atoms with E-state index in [1.54, 1.807) is 19.5 Å². The molecule has 5 nitrogen and oxygen atoms in total. The molecule has 0 saturated heterocycles. The van der Waals surface area contributed by atoms with Crippen LogP contribution in [0.1, 0.15) is 5.56 Å². The van der Waals surface area contributed by atoms with Crippen molar-refractivity contribution in [2.45, 2.75) is 6.42 Å². The minimum Gasteiger partial charge on any atom is -0.481 e. The Balaban J connectivity index is 1.92. The van der Waals surface area contributed by atoms with E-state index < -0.39 is 0 Å². The molecule has 0 unspecified atom stereocenters. The van der Waals surface area contributed by atoms with Crippen LogP contribution in [0.4, 0.5) is 0 Å². The molecule has 0 atom stereocenters. The fourth-order valence-corrected chi connectivity index (χ4v) is 2.40. The van der Waals surface area contributed by atoms with Gasteiger partial charge in [-0.1, -0.05) is 12.1 Å². The number of hydrogen-bond acceptors (Lipinski definition) is 5. The number of benzene rings is 1. The minimum atomic E-state index is 0.130. The molecule has 1 aromatic carbocycles. The second-order valence-electron chi connectivity index (χ2n) is 5.14. The first kappa shape index (κ1) is 16.0. The Labute approximate surface area is 140 Å². The minimum absolute atomic E-state index is 0.130. The van der Waals surface area contributed by atoms with Crippen LogP contribution in [-0.4, -0.2) is 28.8 Å². The summed E-state index contributed by atoms with van der Waals surface area (Å²) in [4.78, 5) is 8.56. The number of aliphatic hydroxyl groups is 1. The third kappa shape index (κ3) is 3.52. The zero-order valence-corrected chi connectivity index (χ0v) is 13.3. The normalized spacial score (nSPS) is 10.4. The predicted molar refractivity (Wildman–Crippen MR) is 91.3 cm³/mol. The summed E-state index contributed by atoms with van der Waals surface area (Å²) in [6.07, 6.45) is 3.99. The van der Waals surface area contributed by atoms with E-state index in [0.29, 0.717) is 23.9 Å². The van der Waals surface area contributed by atoms with Gasteiger partial charge in [0.1, 0.15) is 5.75 Å². The smallest absolute Gasteiger partial charge is 0.227 e. The first-order chi connectivity index (χ1) is 11.8.